The number of pyridine rings is 1. The molecule has 172 valence electrons. The van der Waals surface area contributed by atoms with Crippen LogP contribution in [0.4, 0.5) is 0 Å². The predicted octanol–water partition coefficient (Wildman–Crippen LogP) is 8.74. The number of hydrogen-bond donors (Lipinski definition) is 0. The average molecular weight is 473 g/mol. The molecule has 0 spiro atoms. The van der Waals surface area contributed by atoms with Crippen LogP contribution >= 0.6 is 0 Å². The fourth-order valence-corrected chi connectivity index (χ4v) is 4.61. The molecule has 3 aromatic heterocycles. The third-order valence-electron chi connectivity index (χ3n) is 6.44. The van der Waals surface area contributed by atoms with E-state index in [0.29, 0.717) is 39.4 Å². The summed E-state index contributed by atoms with van der Waals surface area (Å²) >= 11 is 0. The number of para-hydroxylation sites is 1. The summed E-state index contributed by atoms with van der Waals surface area (Å²) in [4.78, 5) is 9.12. The van der Waals surface area contributed by atoms with Crippen molar-refractivity contribution in [2.24, 2.45) is 0 Å². The Morgan fingerprint density at radius 3 is 2.28 bits per heavy atom. The molecule has 4 aromatic carbocycles. The van der Waals surface area contributed by atoms with Crippen LogP contribution in [-0.2, 0) is 0 Å². The molecule has 0 atom stereocenters. The van der Waals surface area contributed by atoms with Gasteiger partial charge in [-0.05, 0) is 72.4 Å². The standard InChI is InChI=1S/C32H22N2O2/c1-19-17-27(33-18-20(19)2)26-10-6-9-24-25-15-16-28-29(31(25)36-30(24)26)34-32(35-28)23-13-11-22(12-14-23)21-7-4-3-5-8-21/h3-18H,1-2H3/i1D3,2D3. The fourth-order valence-electron chi connectivity index (χ4n) is 4.61. The van der Waals surface area contributed by atoms with Gasteiger partial charge in [0.2, 0.25) is 5.89 Å². The first kappa shape index (κ1) is 15.3. The Morgan fingerprint density at radius 2 is 1.44 bits per heavy atom. The first-order chi connectivity index (χ1) is 20.1. The highest BCUT2D eigenvalue weighted by atomic mass is 16.4. The maximum Gasteiger partial charge on any atom is 0.227 e. The number of aromatic nitrogens is 2. The number of rotatable bonds is 3. The second-order valence-electron chi connectivity index (χ2n) is 8.65. The second-order valence-corrected chi connectivity index (χ2v) is 8.65. The highest BCUT2D eigenvalue weighted by Gasteiger charge is 2.18. The maximum absolute atomic E-state index is 7.94. The summed E-state index contributed by atoms with van der Waals surface area (Å²) in [6.45, 7) is -5.25. The van der Waals surface area contributed by atoms with Crippen LogP contribution in [0.1, 0.15) is 19.4 Å². The van der Waals surface area contributed by atoms with Gasteiger partial charge in [0.25, 0.3) is 0 Å². The van der Waals surface area contributed by atoms with Crippen molar-refractivity contribution < 1.29 is 17.1 Å². The molecule has 0 aliphatic rings. The molecule has 0 saturated carbocycles. The SMILES string of the molecule is [2H]C([2H])([2H])c1cnc(-c2cccc3c2oc2c3ccc3oc(-c4ccc(-c5ccccc5)cc4)nc32)cc1C([2H])([2H])[2H]. The van der Waals surface area contributed by atoms with E-state index in [1.807, 2.05) is 66.7 Å². The molecule has 36 heavy (non-hydrogen) atoms. The largest absolute Gasteiger partial charge is 0.453 e. The number of hydrogen-bond acceptors (Lipinski definition) is 4. The van der Waals surface area contributed by atoms with Crippen LogP contribution in [0.5, 0.6) is 0 Å². The second kappa shape index (κ2) is 7.92. The van der Waals surface area contributed by atoms with Crippen molar-refractivity contribution in [3.05, 3.63) is 108 Å². The van der Waals surface area contributed by atoms with E-state index >= 15 is 0 Å². The summed E-state index contributed by atoms with van der Waals surface area (Å²) < 4.78 is 59.6. The van der Waals surface area contributed by atoms with Gasteiger partial charge in [0.15, 0.2) is 16.7 Å². The Labute approximate surface area is 216 Å². The van der Waals surface area contributed by atoms with E-state index in [0.717, 1.165) is 33.7 Å². The van der Waals surface area contributed by atoms with Crippen molar-refractivity contribution in [1.29, 1.82) is 0 Å². The lowest BCUT2D eigenvalue weighted by atomic mass is 10.0. The lowest BCUT2D eigenvalue weighted by Gasteiger charge is -2.05. The smallest absolute Gasteiger partial charge is 0.227 e. The Bertz CT molecular complexity index is 2110. The van der Waals surface area contributed by atoms with Gasteiger partial charge in [0.1, 0.15) is 5.58 Å². The number of nitrogens with zero attached hydrogens (tertiary/aromatic N) is 2. The molecule has 7 rings (SSSR count). The molecule has 0 aliphatic heterocycles. The van der Waals surface area contributed by atoms with Crippen LogP contribution in [0.15, 0.2) is 106 Å². The van der Waals surface area contributed by atoms with Crippen LogP contribution in [0.25, 0.3) is 66.9 Å². The van der Waals surface area contributed by atoms with Gasteiger partial charge in [-0.3, -0.25) is 4.98 Å². The number of oxazole rings is 1. The third kappa shape index (κ3) is 3.23. The lowest BCUT2D eigenvalue weighted by molar-refractivity contribution is 0.620. The van der Waals surface area contributed by atoms with Gasteiger partial charge in [-0.1, -0.05) is 54.6 Å². The number of benzene rings is 4. The third-order valence-corrected chi connectivity index (χ3v) is 6.44. The van der Waals surface area contributed by atoms with Gasteiger partial charge in [-0.15, -0.1) is 0 Å². The van der Waals surface area contributed by atoms with Crippen molar-refractivity contribution in [3.8, 4) is 33.8 Å². The van der Waals surface area contributed by atoms with E-state index in [-0.39, 0.29) is 11.1 Å². The quantitative estimate of drug-likeness (QED) is 0.258. The highest BCUT2D eigenvalue weighted by Crippen LogP contribution is 2.39. The van der Waals surface area contributed by atoms with Crippen LogP contribution < -0.4 is 0 Å². The number of furan rings is 1. The van der Waals surface area contributed by atoms with E-state index in [1.165, 1.54) is 6.07 Å². The van der Waals surface area contributed by atoms with E-state index in [1.54, 1.807) is 6.07 Å². The summed E-state index contributed by atoms with van der Waals surface area (Å²) in [5, 5.41) is 1.60. The molecule has 4 heteroatoms. The Hall–Kier alpha value is -4.70. The van der Waals surface area contributed by atoms with Gasteiger partial charge in [0, 0.05) is 36.3 Å². The minimum Gasteiger partial charge on any atom is -0.453 e. The van der Waals surface area contributed by atoms with Crippen LogP contribution in [-0.4, -0.2) is 9.97 Å². The van der Waals surface area contributed by atoms with Gasteiger partial charge < -0.3 is 8.83 Å². The minimum absolute atomic E-state index is 0.262. The van der Waals surface area contributed by atoms with Crippen LogP contribution in [0.3, 0.4) is 0 Å². The summed E-state index contributed by atoms with van der Waals surface area (Å²) in [5.74, 6) is 0.460. The molecule has 0 bridgehead atoms. The summed E-state index contributed by atoms with van der Waals surface area (Å²) in [5.41, 5.74) is 5.46. The molecule has 7 aromatic rings. The Morgan fingerprint density at radius 1 is 0.667 bits per heavy atom. The van der Waals surface area contributed by atoms with E-state index in [2.05, 4.69) is 17.1 Å². The molecule has 0 N–H and O–H groups in total. The van der Waals surface area contributed by atoms with Crippen molar-refractivity contribution in [3.63, 3.8) is 0 Å². The van der Waals surface area contributed by atoms with Gasteiger partial charge in [-0.25, -0.2) is 4.98 Å². The van der Waals surface area contributed by atoms with Crippen molar-refractivity contribution in [1.82, 2.24) is 9.97 Å². The van der Waals surface area contributed by atoms with Crippen LogP contribution in [0.2, 0.25) is 0 Å². The number of fused-ring (bicyclic) bond motifs is 5. The molecule has 0 fully saturated rings. The molecule has 4 nitrogen and oxygen atoms in total. The maximum atomic E-state index is 7.94. The average Bonchev–Trinajstić information content (AvgIpc) is 3.58. The molecule has 0 saturated heterocycles. The summed E-state index contributed by atoms with van der Waals surface area (Å²) in [6, 6.07) is 28.7. The summed E-state index contributed by atoms with van der Waals surface area (Å²) in [7, 11) is 0. The van der Waals surface area contributed by atoms with Gasteiger partial charge in [-0.2, -0.15) is 0 Å². The molecule has 0 aliphatic carbocycles. The molecular weight excluding hydrogens is 444 g/mol. The zero-order valence-electron chi connectivity index (χ0n) is 24.9. The van der Waals surface area contributed by atoms with Crippen molar-refractivity contribution in [2.75, 3.05) is 0 Å². The van der Waals surface area contributed by atoms with Crippen LogP contribution in [0, 0.1) is 13.7 Å². The molecule has 0 unspecified atom stereocenters. The van der Waals surface area contributed by atoms with Gasteiger partial charge >= 0.3 is 0 Å². The highest BCUT2D eigenvalue weighted by molar-refractivity contribution is 6.15. The van der Waals surface area contributed by atoms with E-state index in [9.17, 15) is 0 Å². The lowest BCUT2D eigenvalue weighted by Crippen LogP contribution is -1.88. The topological polar surface area (TPSA) is 52.1 Å². The molecule has 0 amide bonds. The molecule has 0 radical (unpaired) electrons. The minimum atomic E-state index is -2.63. The Balaban J connectivity index is 1.35. The van der Waals surface area contributed by atoms with E-state index < -0.39 is 13.7 Å². The summed E-state index contributed by atoms with van der Waals surface area (Å²) in [6.07, 6.45) is 1.12. The zero-order chi connectivity index (χ0) is 29.2. The Kier molecular flexibility index (Phi) is 3.37. The first-order valence-electron chi connectivity index (χ1n) is 14.5. The monoisotopic (exact) mass is 472 g/mol. The van der Waals surface area contributed by atoms with Crippen molar-refractivity contribution in [2.45, 2.75) is 13.7 Å². The molecular formula is C32H22N2O2. The van der Waals surface area contributed by atoms with E-state index in [4.69, 9.17) is 22.0 Å². The first-order valence-corrected chi connectivity index (χ1v) is 11.5. The fraction of sp³-hybridized carbons (Fsp3) is 0.0625. The zero-order valence-corrected chi connectivity index (χ0v) is 18.9. The van der Waals surface area contributed by atoms with Gasteiger partial charge in [0.05, 0.1) is 5.69 Å². The normalized spacial score (nSPS) is 14.8. The predicted molar refractivity (Wildman–Crippen MR) is 145 cm³/mol. The number of aryl methyl sites for hydroxylation is 2. The van der Waals surface area contributed by atoms with Crippen molar-refractivity contribution >= 4 is 33.0 Å². The molecule has 3 heterocycles.